The van der Waals surface area contributed by atoms with Gasteiger partial charge in [0.15, 0.2) is 0 Å². The van der Waals surface area contributed by atoms with E-state index in [9.17, 15) is 4.79 Å². The molecule has 0 aliphatic heterocycles. The zero-order chi connectivity index (χ0) is 18.9. The van der Waals surface area contributed by atoms with E-state index in [0.717, 1.165) is 12.0 Å². The Kier molecular flexibility index (Phi) is 8.64. The summed E-state index contributed by atoms with van der Waals surface area (Å²) in [6, 6.07) is 0. The van der Waals surface area contributed by atoms with E-state index in [1.165, 1.54) is 35.6 Å². The maximum absolute atomic E-state index is 11.4. The van der Waals surface area contributed by atoms with Gasteiger partial charge in [-0.2, -0.15) is 0 Å². The van der Waals surface area contributed by atoms with Crippen molar-refractivity contribution in [2.24, 2.45) is 11.1 Å². The summed E-state index contributed by atoms with van der Waals surface area (Å²) in [4.78, 5) is 11.4. The Bertz CT molecular complexity index is 616. The Morgan fingerprint density at radius 1 is 1.24 bits per heavy atom. The fraction of sp³-hybridized carbons (Fsp3) is 0.500. The summed E-state index contributed by atoms with van der Waals surface area (Å²) in [6.45, 7) is 11.5. The number of nitrogens with two attached hydrogens (primary N) is 1. The van der Waals surface area contributed by atoms with Gasteiger partial charge in [-0.05, 0) is 56.6 Å². The molecule has 0 spiro atoms. The fourth-order valence-corrected chi connectivity index (χ4v) is 2.91. The van der Waals surface area contributed by atoms with Crippen LogP contribution in [0, 0.1) is 5.41 Å². The summed E-state index contributed by atoms with van der Waals surface area (Å²) in [7, 11) is 0. The van der Waals surface area contributed by atoms with Gasteiger partial charge in [-0.25, -0.2) is 4.79 Å². The summed E-state index contributed by atoms with van der Waals surface area (Å²) in [5.74, 6) is -0.351. The molecule has 0 aromatic carbocycles. The second-order valence-electron chi connectivity index (χ2n) is 7.59. The summed E-state index contributed by atoms with van der Waals surface area (Å²) < 4.78 is 4.91. The number of allylic oxidation sites excluding steroid dienone is 9. The highest BCUT2D eigenvalue weighted by molar-refractivity contribution is 5.83. The molecule has 0 amide bonds. The largest absolute Gasteiger partial charge is 0.461 e. The zero-order valence-electron chi connectivity index (χ0n) is 16.4. The SMILES string of the molecule is CC1=C(/C=C/C(C)=C/C=C/C(C)=C/C(=O)OCCN)CCC(C)(C)C1. The highest BCUT2D eigenvalue weighted by atomic mass is 16.5. The molecular formula is C22H33NO2. The van der Waals surface area contributed by atoms with Crippen LogP contribution < -0.4 is 5.73 Å². The Hall–Kier alpha value is -1.87. The zero-order valence-corrected chi connectivity index (χ0v) is 16.4. The molecule has 25 heavy (non-hydrogen) atoms. The van der Waals surface area contributed by atoms with Gasteiger partial charge < -0.3 is 10.5 Å². The van der Waals surface area contributed by atoms with Crippen LogP contribution in [0.5, 0.6) is 0 Å². The van der Waals surface area contributed by atoms with Gasteiger partial charge in [0.2, 0.25) is 0 Å². The molecule has 3 heteroatoms. The molecule has 0 bridgehead atoms. The van der Waals surface area contributed by atoms with Gasteiger partial charge in [0.25, 0.3) is 0 Å². The molecule has 0 unspecified atom stereocenters. The summed E-state index contributed by atoms with van der Waals surface area (Å²) in [6.07, 6.45) is 15.4. The van der Waals surface area contributed by atoms with Crippen molar-refractivity contribution in [2.45, 2.75) is 53.9 Å². The molecule has 0 fully saturated rings. The molecule has 138 valence electrons. The number of carbonyl (C=O) groups is 1. The predicted molar refractivity (Wildman–Crippen MR) is 106 cm³/mol. The molecule has 1 aliphatic carbocycles. The van der Waals surface area contributed by atoms with Gasteiger partial charge in [-0.1, -0.05) is 55.4 Å². The summed E-state index contributed by atoms with van der Waals surface area (Å²) >= 11 is 0. The van der Waals surface area contributed by atoms with Crippen LogP contribution in [-0.4, -0.2) is 19.1 Å². The van der Waals surface area contributed by atoms with Crippen LogP contribution in [0.25, 0.3) is 0 Å². The highest BCUT2D eigenvalue weighted by Crippen LogP contribution is 2.38. The molecule has 1 rings (SSSR count). The topological polar surface area (TPSA) is 52.3 Å². The summed E-state index contributed by atoms with van der Waals surface area (Å²) in [5, 5.41) is 0. The Morgan fingerprint density at radius 3 is 2.60 bits per heavy atom. The van der Waals surface area contributed by atoms with Gasteiger partial charge in [0.1, 0.15) is 6.61 Å². The molecule has 0 aromatic heterocycles. The molecule has 3 nitrogen and oxygen atoms in total. The van der Waals surface area contributed by atoms with Crippen molar-refractivity contribution in [1.29, 1.82) is 0 Å². The normalized spacial score (nSPS) is 19.1. The van der Waals surface area contributed by atoms with Gasteiger partial charge in [-0.3, -0.25) is 0 Å². The quantitative estimate of drug-likeness (QED) is 0.401. The van der Waals surface area contributed by atoms with Crippen LogP contribution in [0.15, 0.2) is 58.7 Å². The summed E-state index contributed by atoms with van der Waals surface area (Å²) in [5.41, 5.74) is 10.7. The number of rotatable bonds is 7. The Labute approximate surface area is 153 Å². The molecule has 0 saturated carbocycles. The van der Waals surface area contributed by atoms with Crippen molar-refractivity contribution in [3.63, 3.8) is 0 Å². The Balaban J connectivity index is 2.61. The first-order valence-corrected chi connectivity index (χ1v) is 9.00. The van der Waals surface area contributed by atoms with Crippen molar-refractivity contribution >= 4 is 5.97 Å². The lowest BCUT2D eigenvalue weighted by Gasteiger charge is -2.31. The lowest BCUT2D eigenvalue weighted by molar-refractivity contribution is -0.137. The molecular weight excluding hydrogens is 310 g/mol. The van der Waals surface area contributed by atoms with Gasteiger partial charge >= 0.3 is 5.97 Å². The van der Waals surface area contributed by atoms with E-state index in [0.29, 0.717) is 12.0 Å². The van der Waals surface area contributed by atoms with Crippen molar-refractivity contribution < 1.29 is 9.53 Å². The van der Waals surface area contributed by atoms with Crippen LogP contribution in [0.2, 0.25) is 0 Å². The van der Waals surface area contributed by atoms with Gasteiger partial charge in [-0.15, -0.1) is 0 Å². The van der Waals surface area contributed by atoms with Gasteiger partial charge in [0.05, 0.1) is 0 Å². The van der Waals surface area contributed by atoms with Crippen LogP contribution in [0.1, 0.15) is 53.9 Å². The van der Waals surface area contributed by atoms with Crippen molar-refractivity contribution in [2.75, 3.05) is 13.2 Å². The van der Waals surface area contributed by atoms with Crippen LogP contribution in [0.3, 0.4) is 0 Å². The molecule has 0 radical (unpaired) electrons. The third-order valence-corrected chi connectivity index (χ3v) is 4.34. The second-order valence-corrected chi connectivity index (χ2v) is 7.59. The number of carbonyl (C=O) groups excluding carboxylic acids is 1. The minimum atomic E-state index is -0.351. The van der Waals surface area contributed by atoms with Gasteiger partial charge in [0, 0.05) is 12.6 Å². The lowest BCUT2D eigenvalue weighted by atomic mass is 9.75. The van der Waals surface area contributed by atoms with E-state index in [4.69, 9.17) is 10.5 Å². The van der Waals surface area contributed by atoms with E-state index < -0.39 is 0 Å². The Morgan fingerprint density at radius 2 is 1.96 bits per heavy atom. The van der Waals surface area contributed by atoms with E-state index >= 15 is 0 Å². The number of hydrogen-bond donors (Lipinski definition) is 1. The number of hydrogen-bond acceptors (Lipinski definition) is 3. The highest BCUT2D eigenvalue weighted by Gasteiger charge is 2.23. The minimum absolute atomic E-state index is 0.253. The second kappa shape index (κ2) is 10.2. The lowest BCUT2D eigenvalue weighted by Crippen LogP contribution is -2.16. The first kappa shape index (κ1) is 21.2. The van der Waals surface area contributed by atoms with E-state index in [-0.39, 0.29) is 12.6 Å². The third-order valence-electron chi connectivity index (χ3n) is 4.34. The molecule has 0 heterocycles. The van der Waals surface area contributed by atoms with Crippen molar-refractivity contribution in [3.05, 3.63) is 58.7 Å². The van der Waals surface area contributed by atoms with Crippen LogP contribution in [0.4, 0.5) is 0 Å². The van der Waals surface area contributed by atoms with Crippen molar-refractivity contribution in [1.82, 2.24) is 0 Å². The average molecular weight is 344 g/mol. The maximum atomic E-state index is 11.4. The number of ether oxygens (including phenoxy) is 1. The third kappa shape index (κ3) is 8.69. The van der Waals surface area contributed by atoms with Crippen LogP contribution >= 0.6 is 0 Å². The standard InChI is InChI=1S/C22H33NO2/c1-17(7-6-8-18(2)15-21(24)25-14-13-23)9-10-20-11-12-22(4,5)16-19(20)3/h6-10,15H,11-14,16,23H2,1-5H3/b8-6+,10-9+,17-7+,18-15+. The first-order valence-electron chi connectivity index (χ1n) is 9.00. The molecule has 0 atom stereocenters. The van der Waals surface area contributed by atoms with E-state index in [1.54, 1.807) is 0 Å². The molecule has 0 aromatic rings. The van der Waals surface area contributed by atoms with E-state index in [2.05, 4.69) is 39.8 Å². The maximum Gasteiger partial charge on any atom is 0.331 e. The molecule has 0 saturated heterocycles. The minimum Gasteiger partial charge on any atom is -0.461 e. The molecule has 1 aliphatic rings. The molecule has 2 N–H and O–H groups in total. The van der Waals surface area contributed by atoms with Crippen LogP contribution in [-0.2, 0) is 9.53 Å². The predicted octanol–water partition coefficient (Wildman–Crippen LogP) is 5.02. The smallest absolute Gasteiger partial charge is 0.331 e. The van der Waals surface area contributed by atoms with Crippen molar-refractivity contribution in [3.8, 4) is 0 Å². The van der Waals surface area contributed by atoms with E-state index in [1.807, 2.05) is 25.2 Å². The number of esters is 1. The average Bonchev–Trinajstić information content (AvgIpc) is 2.51. The first-order chi connectivity index (χ1) is 11.7. The monoisotopic (exact) mass is 343 g/mol. The fourth-order valence-electron chi connectivity index (χ4n) is 2.91.